The van der Waals surface area contributed by atoms with Crippen molar-refractivity contribution < 1.29 is 49.0 Å². The number of carbonyl (C=O) groups is 1. The van der Waals surface area contributed by atoms with E-state index in [-0.39, 0.29) is 28.3 Å². The van der Waals surface area contributed by atoms with Gasteiger partial charge in [0.1, 0.15) is 22.9 Å². The second-order valence-corrected chi connectivity index (χ2v) is 9.57. The van der Waals surface area contributed by atoms with E-state index in [1.165, 1.54) is 36.4 Å². The Morgan fingerprint density at radius 3 is 2.04 bits per heavy atom. The number of hydrogen-bond donors (Lipinski definition) is 1. The molecule has 0 saturated carbocycles. The number of benzene rings is 4. The lowest BCUT2D eigenvalue weighted by Crippen LogP contribution is -2.48. The molecule has 0 radical (unpaired) electrons. The van der Waals surface area contributed by atoms with E-state index in [2.05, 4.69) is 16.6 Å². The van der Waals surface area contributed by atoms with Crippen LogP contribution >= 0.6 is 0 Å². The van der Waals surface area contributed by atoms with Crippen LogP contribution in [-0.4, -0.2) is 18.4 Å². The molecule has 13 heteroatoms. The number of nitrogens with one attached hydrogen (secondary N) is 1. The molecule has 0 aromatic heterocycles. The Hall–Kier alpha value is -5.25. The molecule has 0 aliphatic heterocycles. The van der Waals surface area contributed by atoms with E-state index < -0.39 is 64.2 Å². The van der Waals surface area contributed by atoms with E-state index in [1.807, 2.05) is 6.07 Å². The number of carbonyl (C=O) groups excluding carboxylic acids is 1. The van der Waals surface area contributed by atoms with E-state index in [9.17, 15) is 45.2 Å². The minimum Gasteiger partial charge on any atom is -0.428 e. The summed E-state index contributed by atoms with van der Waals surface area (Å²) in [4.78, 5) is 13.7. The highest BCUT2D eigenvalue weighted by atomic mass is 19.4. The maximum absolute atomic E-state index is 15.1. The molecule has 1 N–H and O–H groups in total. The Morgan fingerprint density at radius 1 is 0.822 bits per heavy atom. The van der Waals surface area contributed by atoms with Gasteiger partial charge in [-0.25, -0.2) is 8.78 Å². The minimum absolute atomic E-state index is 0.0148. The zero-order valence-corrected chi connectivity index (χ0v) is 22.6. The fraction of sp³-hybridized carbons (Fsp3) is 0.125. The topological polar surface area (TPSA) is 62.1 Å². The van der Waals surface area contributed by atoms with E-state index in [0.717, 1.165) is 18.2 Å². The summed E-state index contributed by atoms with van der Waals surface area (Å²) >= 11 is 0. The van der Waals surface area contributed by atoms with E-state index in [1.54, 1.807) is 18.2 Å². The third-order valence-corrected chi connectivity index (χ3v) is 6.67. The highest BCUT2D eigenvalue weighted by molar-refractivity contribution is 5.97. The number of rotatable bonds is 9. The molecular weight excluding hydrogens is 615 g/mol. The van der Waals surface area contributed by atoms with Crippen LogP contribution in [0.2, 0.25) is 0 Å². The van der Waals surface area contributed by atoms with E-state index >= 15 is 4.39 Å². The van der Waals surface area contributed by atoms with E-state index in [4.69, 9.17) is 0 Å². The number of nitrogens with zero attached hydrogens (tertiary/aromatic N) is 1. The number of nitriles is 1. The first-order valence-corrected chi connectivity index (χ1v) is 12.7. The van der Waals surface area contributed by atoms with Crippen molar-refractivity contribution in [1.82, 2.24) is 5.32 Å². The van der Waals surface area contributed by atoms with Gasteiger partial charge in [0.15, 0.2) is 0 Å². The summed E-state index contributed by atoms with van der Waals surface area (Å²) in [5.74, 6) is -5.34. The molecule has 4 nitrogen and oxygen atoms in total. The lowest BCUT2D eigenvalue weighted by atomic mass is 9.74. The molecular formula is C32H19F9N2O2. The maximum atomic E-state index is 15.1. The normalized spacial score (nSPS) is 13.1. The fourth-order valence-electron chi connectivity index (χ4n) is 4.55. The molecule has 0 aliphatic rings. The molecule has 232 valence electrons. The maximum Gasteiger partial charge on any atom is 0.461 e. The van der Waals surface area contributed by atoms with Crippen LogP contribution in [0.3, 0.4) is 0 Å². The Bertz CT molecular complexity index is 1770. The molecule has 0 bridgehead atoms. The monoisotopic (exact) mass is 634 g/mol. The lowest BCUT2D eigenvalue weighted by Gasteiger charge is -2.38. The van der Waals surface area contributed by atoms with Crippen LogP contribution < -0.4 is 10.1 Å². The summed E-state index contributed by atoms with van der Waals surface area (Å²) in [6.45, 7) is 4.02. The molecule has 0 fully saturated rings. The quantitative estimate of drug-likeness (QED) is 0.188. The van der Waals surface area contributed by atoms with Crippen molar-refractivity contribution in [3.63, 3.8) is 0 Å². The predicted molar refractivity (Wildman–Crippen MR) is 144 cm³/mol. The first-order valence-electron chi connectivity index (χ1n) is 12.7. The first kappa shape index (κ1) is 32.7. The lowest BCUT2D eigenvalue weighted by molar-refractivity contribution is -0.253. The van der Waals surface area contributed by atoms with Crippen LogP contribution in [0.1, 0.15) is 38.2 Å². The van der Waals surface area contributed by atoms with Crippen LogP contribution in [0.15, 0.2) is 97.6 Å². The van der Waals surface area contributed by atoms with Gasteiger partial charge in [-0.05, 0) is 64.7 Å². The number of ether oxygens (including phenoxy) is 1. The molecule has 4 aromatic rings. The molecule has 1 atom stereocenters. The molecule has 4 rings (SSSR count). The molecule has 45 heavy (non-hydrogen) atoms. The zero-order chi connectivity index (χ0) is 33.2. The number of halogens is 9. The third-order valence-electron chi connectivity index (χ3n) is 6.67. The predicted octanol–water partition coefficient (Wildman–Crippen LogP) is 8.48. The summed E-state index contributed by atoms with van der Waals surface area (Å²) < 4.78 is 127. The van der Waals surface area contributed by atoms with Gasteiger partial charge < -0.3 is 10.1 Å². The van der Waals surface area contributed by atoms with Crippen LogP contribution in [-0.2, 0) is 11.7 Å². The summed E-state index contributed by atoms with van der Waals surface area (Å²) in [5.41, 5.74) is -4.92. The van der Waals surface area contributed by atoms with Crippen molar-refractivity contribution in [3.8, 4) is 11.8 Å². The summed E-state index contributed by atoms with van der Waals surface area (Å²) in [6.07, 6.45) is -14.6. The third kappa shape index (κ3) is 6.80. The highest BCUT2D eigenvalue weighted by Gasteiger charge is 2.45. The SMILES string of the molecule is C=C(c1ccccc1)[C@@](NC(=O)c1ccc(F)c(C(F)(F)F)c1)(c1ccc(C#N)cc1)c1cc(F)cc(OC(F)(F)C(F)F)c1. The minimum atomic E-state index is -5.19. The van der Waals surface area contributed by atoms with Gasteiger partial charge in [-0.1, -0.05) is 49.0 Å². The summed E-state index contributed by atoms with van der Waals surface area (Å²) in [5, 5.41) is 11.8. The van der Waals surface area contributed by atoms with Gasteiger partial charge >= 0.3 is 18.7 Å². The van der Waals surface area contributed by atoms with Crippen molar-refractivity contribution in [2.75, 3.05) is 0 Å². The molecule has 4 aromatic carbocycles. The molecule has 1 amide bonds. The van der Waals surface area contributed by atoms with Crippen LogP contribution in [0.4, 0.5) is 39.5 Å². The first-order chi connectivity index (χ1) is 21.1. The Morgan fingerprint density at radius 2 is 1.47 bits per heavy atom. The van der Waals surface area contributed by atoms with Crippen molar-refractivity contribution in [1.29, 1.82) is 5.26 Å². The number of amides is 1. The molecule has 0 heterocycles. The Balaban J connectivity index is 2.03. The fourth-order valence-corrected chi connectivity index (χ4v) is 4.55. The Kier molecular flexibility index (Phi) is 8.99. The Labute approximate surface area is 250 Å². The second kappa shape index (κ2) is 12.4. The molecule has 0 unspecified atom stereocenters. The summed E-state index contributed by atoms with van der Waals surface area (Å²) in [7, 11) is 0. The zero-order valence-electron chi connectivity index (χ0n) is 22.6. The molecule has 0 aliphatic carbocycles. The van der Waals surface area contributed by atoms with Gasteiger partial charge in [-0.2, -0.15) is 36.0 Å². The average molecular weight is 634 g/mol. The van der Waals surface area contributed by atoms with Crippen LogP contribution in [0.25, 0.3) is 5.57 Å². The largest absolute Gasteiger partial charge is 0.461 e. The summed E-state index contributed by atoms with van der Waals surface area (Å²) in [6, 6.07) is 17.9. The van der Waals surface area contributed by atoms with Crippen molar-refractivity contribution in [3.05, 3.63) is 143 Å². The van der Waals surface area contributed by atoms with Crippen molar-refractivity contribution in [2.45, 2.75) is 24.2 Å². The van der Waals surface area contributed by atoms with E-state index in [0.29, 0.717) is 12.1 Å². The van der Waals surface area contributed by atoms with Crippen LogP contribution in [0.5, 0.6) is 5.75 Å². The van der Waals surface area contributed by atoms with Gasteiger partial charge in [0.05, 0.1) is 17.2 Å². The molecule has 0 saturated heterocycles. The standard InChI is InChI=1S/C32H19F9N2O2/c1-18(20-5-3-2-4-6-20)30(22-10-7-19(17-42)8-11-22,23-14-24(33)16-25(15-23)45-32(40,41)29(35)36)43-28(44)21-9-12-27(34)26(13-21)31(37,38)39/h2-16,29H,1H2,(H,43,44)/t30-/m1/s1. The van der Waals surface area contributed by atoms with Crippen molar-refractivity contribution in [2.24, 2.45) is 0 Å². The molecule has 0 spiro atoms. The van der Waals surface area contributed by atoms with Gasteiger partial charge in [-0.15, -0.1) is 0 Å². The van der Waals surface area contributed by atoms with Gasteiger partial charge in [0.25, 0.3) is 5.91 Å². The van der Waals surface area contributed by atoms with Gasteiger partial charge in [-0.3, -0.25) is 4.79 Å². The van der Waals surface area contributed by atoms with Gasteiger partial charge in [0.2, 0.25) is 0 Å². The highest BCUT2D eigenvalue weighted by Crippen LogP contribution is 2.44. The van der Waals surface area contributed by atoms with Gasteiger partial charge in [0, 0.05) is 11.6 Å². The van der Waals surface area contributed by atoms with Crippen LogP contribution in [0, 0.1) is 23.0 Å². The number of hydrogen-bond acceptors (Lipinski definition) is 3. The number of alkyl halides is 7. The second-order valence-electron chi connectivity index (χ2n) is 9.57. The smallest absolute Gasteiger partial charge is 0.428 e. The van der Waals surface area contributed by atoms with Crippen molar-refractivity contribution >= 4 is 11.5 Å². The average Bonchev–Trinajstić information content (AvgIpc) is 2.99.